The van der Waals surface area contributed by atoms with Gasteiger partial charge in [-0.2, -0.15) is 0 Å². The lowest BCUT2D eigenvalue weighted by molar-refractivity contribution is 0.0946. The number of imidazole rings is 1. The molecule has 1 heterocycles. The summed E-state index contributed by atoms with van der Waals surface area (Å²) < 4.78 is 2.55. The summed E-state index contributed by atoms with van der Waals surface area (Å²) in [4.78, 5) is 15.9. The van der Waals surface area contributed by atoms with Crippen LogP contribution in [0.2, 0.25) is 0 Å². The van der Waals surface area contributed by atoms with Crippen molar-refractivity contribution in [2.75, 3.05) is 6.54 Å². The first-order valence-electron chi connectivity index (χ1n) is 6.28. The third-order valence-corrected chi connectivity index (χ3v) is 3.57. The minimum atomic E-state index is -0.190. The molecule has 0 aliphatic rings. The van der Waals surface area contributed by atoms with Crippen molar-refractivity contribution in [3.05, 3.63) is 47.0 Å². The summed E-state index contributed by atoms with van der Waals surface area (Å²) in [5, 5.41) is 12.4. The van der Waals surface area contributed by atoms with Gasteiger partial charge in [-0.05, 0) is 40.0 Å². The number of amides is 1. The van der Waals surface area contributed by atoms with Gasteiger partial charge in [0.25, 0.3) is 5.91 Å². The number of halogens is 1. The van der Waals surface area contributed by atoms with E-state index in [-0.39, 0.29) is 17.6 Å². The Hall–Kier alpha value is -1.82. The zero-order valence-electron chi connectivity index (χ0n) is 11.1. The van der Waals surface area contributed by atoms with Gasteiger partial charge in [0.1, 0.15) is 5.75 Å². The predicted octanol–water partition coefficient (Wildman–Crippen LogP) is 2.42. The molecule has 0 aliphatic heterocycles. The van der Waals surface area contributed by atoms with Crippen LogP contribution in [0.1, 0.15) is 17.3 Å². The summed E-state index contributed by atoms with van der Waals surface area (Å²) in [6, 6.07) is 4.76. The van der Waals surface area contributed by atoms with E-state index in [0.717, 1.165) is 6.54 Å². The number of rotatable bonds is 5. The molecular formula is C14H16BrN3O2. The highest BCUT2D eigenvalue weighted by Crippen LogP contribution is 2.24. The van der Waals surface area contributed by atoms with Crippen LogP contribution in [-0.4, -0.2) is 27.1 Å². The van der Waals surface area contributed by atoms with Gasteiger partial charge in [0.15, 0.2) is 0 Å². The van der Waals surface area contributed by atoms with Crippen molar-refractivity contribution in [2.45, 2.75) is 13.5 Å². The first-order valence-corrected chi connectivity index (χ1v) is 7.08. The third-order valence-electron chi connectivity index (χ3n) is 2.90. The summed E-state index contributed by atoms with van der Waals surface area (Å²) in [5.41, 5.74) is 0.445. The van der Waals surface area contributed by atoms with Gasteiger partial charge in [0.2, 0.25) is 0 Å². The molecule has 0 spiro atoms. The lowest BCUT2D eigenvalue weighted by Gasteiger charge is -2.13. The van der Waals surface area contributed by atoms with E-state index in [1.807, 2.05) is 10.8 Å². The molecule has 2 aromatic rings. The zero-order chi connectivity index (χ0) is 14.5. The van der Waals surface area contributed by atoms with E-state index < -0.39 is 0 Å². The van der Waals surface area contributed by atoms with Crippen LogP contribution in [0.5, 0.6) is 5.75 Å². The van der Waals surface area contributed by atoms with Crippen molar-refractivity contribution in [3.63, 3.8) is 0 Å². The maximum absolute atomic E-state index is 12.0. The van der Waals surface area contributed by atoms with Crippen molar-refractivity contribution < 1.29 is 9.90 Å². The average molecular weight is 338 g/mol. The normalized spacial score (nSPS) is 12.1. The maximum Gasteiger partial charge on any atom is 0.251 e. The topological polar surface area (TPSA) is 67.2 Å². The van der Waals surface area contributed by atoms with Crippen LogP contribution in [0.25, 0.3) is 0 Å². The predicted molar refractivity (Wildman–Crippen MR) is 79.5 cm³/mol. The molecule has 0 aliphatic carbocycles. The molecule has 0 fully saturated rings. The fraction of sp³-hybridized carbons (Fsp3) is 0.286. The van der Waals surface area contributed by atoms with Crippen LogP contribution < -0.4 is 5.32 Å². The Balaban J connectivity index is 1.86. The Morgan fingerprint density at radius 3 is 3.00 bits per heavy atom. The van der Waals surface area contributed by atoms with Crippen LogP contribution in [0, 0.1) is 5.92 Å². The Labute approximate surface area is 125 Å². The number of nitrogens with zero attached hydrogens (tertiary/aromatic N) is 2. The summed E-state index contributed by atoms with van der Waals surface area (Å²) in [7, 11) is 0. The van der Waals surface area contributed by atoms with Crippen molar-refractivity contribution in [2.24, 2.45) is 5.92 Å². The van der Waals surface area contributed by atoms with E-state index in [1.165, 1.54) is 6.07 Å². The smallest absolute Gasteiger partial charge is 0.251 e. The summed E-state index contributed by atoms with van der Waals surface area (Å²) in [5.74, 6) is 0.159. The molecule has 0 unspecified atom stereocenters. The van der Waals surface area contributed by atoms with Crippen molar-refractivity contribution >= 4 is 21.8 Å². The fourth-order valence-electron chi connectivity index (χ4n) is 1.84. The number of carbonyl (C=O) groups is 1. The highest BCUT2D eigenvalue weighted by molar-refractivity contribution is 9.10. The first kappa shape index (κ1) is 14.6. The molecule has 0 bridgehead atoms. The van der Waals surface area contributed by atoms with Crippen LogP contribution in [0.4, 0.5) is 0 Å². The fourth-order valence-corrected chi connectivity index (χ4v) is 2.09. The van der Waals surface area contributed by atoms with Gasteiger partial charge >= 0.3 is 0 Å². The molecule has 1 amide bonds. The monoisotopic (exact) mass is 337 g/mol. The van der Waals surface area contributed by atoms with E-state index in [0.29, 0.717) is 16.6 Å². The molecule has 1 atom stereocenters. The number of carbonyl (C=O) groups excluding carboxylic acids is 1. The number of hydrogen-bond acceptors (Lipinski definition) is 3. The molecule has 6 heteroatoms. The number of hydrogen-bond donors (Lipinski definition) is 2. The van der Waals surface area contributed by atoms with Crippen LogP contribution in [0.3, 0.4) is 0 Å². The molecule has 1 aromatic carbocycles. The zero-order valence-corrected chi connectivity index (χ0v) is 12.7. The van der Waals surface area contributed by atoms with E-state index in [1.54, 1.807) is 24.7 Å². The van der Waals surface area contributed by atoms with E-state index >= 15 is 0 Å². The highest BCUT2D eigenvalue weighted by Gasteiger charge is 2.10. The lowest BCUT2D eigenvalue weighted by Crippen LogP contribution is -2.29. The highest BCUT2D eigenvalue weighted by atomic mass is 79.9. The molecule has 2 N–H and O–H groups in total. The van der Waals surface area contributed by atoms with E-state index in [4.69, 9.17) is 0 Å². The first-order chi connectivity index (χ1) is 9.56. The lowest BCUT2D eigenvalue weighted by atomic mass is 10.1. The number of phenolic OH excluding ortho intramolecular Hbond substituents is 1. The summed E-state index contributed by atoms with van der Waals surface area (Å²) >= 11 is 3.18. The van der Waals surface area contributed by atoms with Crippen molar-refractivity contribution in [1.29, 1.82) is 0 Å². The second-order valence-electron chi connectivity index (χ2n) is 4.74. The molecule has 0 saturated carbocycles. The van der Waals surface area contributed by atoms with Crippen LogP contribution in [-0.2, 0) is 6.54 Å². The van der Waals surface area contributed by atoms with Gasteiger partial charge in [-0.3, -0.25) is 4.79 Å². The summed E-state index contributed by atoms with van der Waals surface area (Å²) in [6.45, 7) is 3.42. The van der Waals surface area contributed by atoms with Gasteiger partial charge < -0.3 is 15.0 Å². The largest absolute Gasteiger partial charge is 0.507 e. The van der Waals surface area contributed by atoms with Gasteiger partial charge in [0.05, 0.1) is 10.8 Å². The van der Waals surface area contributed by atoms with Crippen molar-refractivity contribution in [3.8, 4) is 5.75 Å². The quantitative estimate of drug-likeness (QED) is 0.880. The van der Waals surface area contributed by atoms with Crippen LogP contribution in [0.15, 0.2) is 41.4 Å². The second kappa shape index (κ2) is 6.56. The summed E-state index contributed by atoms with van der Waals surface area (Å²) in [6.07, 6.45) is 5.38. The van der Waals surface area contributed by atoms with E-state index in [9.17, 15) is 9.90 Å². The Bertz CT molecular complexity index is 584. The number of nitrogens with one attached hydrogen (secondary N) is 1. The molecule has 0 radical (unpaired) electrons. The Morgan fingerprint density at radius 2 is 2.35 bits per heavy atom. The number of benzene rings is 1. The SMILES string of the molecule is C[C@H](CNC(=O)c1ccc(Br)c(O)c1)Cn1ccnc1. The number of phenols is 1. The third kappa shape index (κ3) is 3.84. The maximum atomic E-state index is 12.0. The van der Waals surface area contributed by atoms with E-state index in [2.05, 4.69) is 33.2 Å². The average Bonchev–Trinajstić information content (AvgIpc) is 2.92. The van der Waals surface area contributed by atoms with Gasteiger partial charge in [-0.1, -0.05) is 6.92 Å². The number of aromatic nitrogens is 2. The molecule has 20 heavy (non-hydrogen) atoms. The molecule has 5 nitrogen and oxygen atoms in total. The standard InChI is InChI=1S/C14H16BrN3O2/c1-10(8-18-5-4-16-9-18)7-17-14(20)11-2-3-12(15)13(19)6-11/h2-6,9-10,19H,7-8H2,1H3,(H,17,20)/t10-/m1/s1. The molecule has 0 saturated heterocycles. The van der Waals surface area contributed by atoms with Gasteiger partial charge in [-0.25, -0.2) is 4.98 Å². The second-order valence-corrected chi connectivity index (χ2v) is 5.60. The number of aromatic hydroxyl groups is 1. The molecule has 106 valence electrons. The van der Waals surface area contributed by atoms with Gasteiger partial charge in [0, 0.05) is 31.0 Å². The minimum absolute atomic E-state index is 0.0594. The molecular weight excluding hydrogens is 322 g/mol. The molecule has 1 aromatic heterocycles. The molecule has 2 rings (SSSR count). The van der Waals surface area contributed by atoms with Gasteiger partial charge in [-0.15, -0.1) is 0 Å². The minimum Gasteiger partial charge on any atom is -0.507 e. The Morgan fingerprint density at radius 1 is 1.55 bits per heavy atom. The Kier molecular flexibility index (Phi) is 4.79. The van der Waals surface area contributed by atoms with Crippen LogP contribution >= 0.6 is 15.9 Å². The van der Waals surface area contributed by atoms with Crippen molar-refractivity contribution in [1.82, 2.24) is 14.9 Å².